The molecular weight excluding hydrogens is 244 g/mol. The van der Waals surface area contributed by atoms with Crippen molar-refractivity contribution >= 4 is 23.8 Å². The fourth-order valence-electron chi connectivity index (χ4n) is 3.54. The van der Waals surface area contributed by atoms with Crippen molar-refractivity contribution in [2.45, 2.75) is 45.1 Å². The highest BCUT2D eigenvalue weighted by Crippen LogP contribution is 2.26. The summed E-state index contributed by atoms with van der Waals surface area (Å²) in [4.78, 5) is 0. The minimum Gasteiger partial charge on any atom is -0.490 e. The fourth-order valence-corrected chi connectivity index (χ4v) is 3.54. The van der Waals surface area contributed by atoms with Crippen LogP contribution in [0.4, 0.5) is 0 Å². The van der Waals surface area contributed by atoms with Crippen LogP contribution in [0.2, 0.25) is 0 Å². The van der Waals surface area contributed by atoms with Crippen LogP contribution in [0, 0.1) is 0 Å². The first kappa shape index (κ1) is 12.0. The van der Waals surface area contributed by atoms with Gasteiger partial charge in [0.25, 0.3) is 0 Å². The molecule has 102 valence electrons. The van der Waals surface area contributed by atoms with Crippen LogP contribution in [-0.4, -0.2) is 6.10 Å². The highest BCUT2D eigenvalue weighted by Gasteiger charge is 2.18. The van der Waals surface area contributed by atoms with Crippen LogP contribution in [0.1, 0.15) is 50.2 Å². The Balaban J connectivity index is 1.67. The maximum absolute atomic E-state index is 6.20. The van der Waals surface area contributed by atoms with Crippen LogP contribution in [-0.2, 0) is 4.74 Å². The molecule has 1 fully saturated rings. The zero-order chi connectivity index (χ0) is 13.5. The number of allylic oxidation sites excluding steroid dienone is 2. The predicted molar refractivity (Wildman–Crippen MR) is 84.2 cm³/mol. The summed E-state index contributed by atoms with van der Waals surface area (Å²) in [5.74, 6) is 1.05. The molecule has 0 unspecified atom stereocenters. The number of rotatable bonds is 2. The van der Waals surface area contributed by atoms with Gasteiger partial charge >= 0.3 is 0 Å². The van der Waals surface area contributed by atoms with Crippen molar-refractivity contribution in [3.05, 3.63) is 45.5 Å². The first-order chi connectivity index (χ1) is 9.81. The average Bonchev–Trinajstić information content (AvgIpc) is 3.03. The van der Waals surface area contributed by atoms with E-state index in [0.29, 0.717) is 6.10 Å². The van der Waals surface area contributed by atoms with E-state index in [1.165, 1.54) is 59.2 Å². The standard InChI is InChI=1S/C19H20O/c1-13-7-9-18-17(13)10-8-14-11-16(12-19(14)18)20-15-5-3-2-4-6-15/h7-12,15H,2-6H2,1H3. The van der Waals surface area contributed by atoms with Crippen molar-refractivity contribution in [1.29, 1.82) is 0 Å². The third kappa shape index (κ3) is 1.93. The van der Waals surface area contributed by atoms with E-state index in [1.807, 2.05) is 0 Å². The molecule has 0 aromatic heterocycles. The Morgan fingerprint density at radius 2 is 1.80 bits per heavy atom. The van der Waals surface area contributed by atoms with Gasteiger partial charge in [-0.2, -0.15) is 0 Å². The molecule has 1 nitrogen and oxygen atoms in total. The van der Waals surface area contributed by atoms with Crippen molar-refractivity contribution in [3.63, 3.8) is 0 Å². The maximum atomic E-state index is 6.20. The largest absolute Gasteiger partial charge is 0.490 e. The van der Waals surface area contributed by atoms with Crippen LogP contribution in [0.25, 0.3) is 23.8 Å². The molecule has 0 aliphatic heterocycles. The SMILES string of the molecule is CC1=c2ccc3c(c2C=C1)C=C(OC1CCCCC1)C=3. The second kappa shape index (κ2) is 4.66. The zero-order valence-corrected chi connectivity index (χ0v) is 12.0. The van der Waals surface area contributed by atoms with Gasteiger partial charge in [-0.1, -0.05) is 30.7 Å². The Morgan fingerprint density at radius 3 is 2.65 bits per heavy atom. The van der Waals surface area contributed by atoms with Crippen LogP contribution >= 0.6 is 0 Å². The van der Waals surface area contributed by atoms with E-state index >= 15 is 0 Å². The molecular formula is C19H20O. The molecule has 1 aromatic rings. The number of hydrogen-bond donors (Lipinski definition) is 0. The summed E-state index contributed by atoms with van der Waals surface area (Å²) >= 11 is 0. The summed E-state index contributed by atoms with van der Waals surface area (Å²) in [5, 5.41) is 2.67. The van der Waals surface area contributed by atoms with Crippen LogP contribution in [0.5, 0.6) is 0 Å². The molecule has 4 rings (SSSR count). The van der Waals surface area contributed by atoms with Gasteiger partial charge in [-0.05, 0) is 71.9 Å². The first-order valence-corrected chi connectivity index (χ1v) is 7.73. The van der Waals surface area contributed by atoms with E-state index in [2.05, 4.69) is 43.4 Å². The minimum atomic E-state index is 0.428. The molecule has 0 bridgehead atoms. The maximum Gasteiger partial charge on any atom is 0.120 e. The smallest absolute Gasteiger partial charge is 0.120 e. The molecule has 20 heavy (non-hydrogen) atoms. The molecule has 0 atom stereocenters. The van der Waals surface area contributed by atoms with Gasteiger partial charge in [-0.3, -0.25) is 0 Å². The zero-order valence-electron chi connectivity index (χ0n) is 12.0. The van der Waals surface area contributed by atoms with Crippen molar-refractivity contribution in [2.75, 3.05) is 0 Å². The molecule has 3 aliphatic rings. The Kier molecular flexibility index (Phi) is 2.80. The van der Waals surface area contributed by atoms with Crippen molar-refractivity contribution in [3.8, 4) is 0 Å². The van der Waals surface area contributed by atoms with E-state index in [-0.39, 0.29) is 0 Å². The topological polar surface area (TPSA) is 9.23 Å². The molecule has 0 N–H and O–H groups in total. The molecule has 0 amide bonds. The lowest BCUT2D eigenvalue weighted by Crippen LogP contribution is -2.15. The second-order valence-electron chi connectivity index (χ2n) is 6.11. The minimum absolute atomic E-state index is 0.428. The summed E-state index contributed by atoms with van der Waals surface area (Å²) in [6, 6.07) is 4.45. The quantitative estimate of drug-likeness (QED) is 0.796. The summed E-state index contributed by atoms with van der Waals surface area (Å²) < 4.78 is 6.20. The van der Waals surface area contributed by atoms with Crippen molar-refractivity contribution in [1.82, 2.24) is 0 Å². The molecule has 1 aromatic carbocycles. The predicted octanol–water partition coefficient (Wildman–Crippen LogP) is 3.37. The van der Waals surface area contributed by atoms with Crippen molar-refractivity contribution < 1.29 is 4.74 Å². The summed E-state index contributed by atoms with van der Waals surface area (Å²) in [6.45, 7) is 2.18. The summed E-state index contributed by atoms with van der Waals surface area (Å²) in [7, 11) is 0. The molecule has 1 saturated carbocycles. The second-order valence-corrected chi connectivity index (χ2v) is 6.11. The van der Waals surface area contributed by atoms with Gasteiger partial charge in [-0.25, -0.2) is 0 Å². The molecule has 0 spiro atoms. The Morgan fingerprint density at radius 1 is 0.950 bits per heavy atom. The third-order valence-electron chi connectivity index (χ3n) is 4.69. The Labute approximate surface area is 120 Å². The first-order valence-electron chi connectivity index (χ1n) is 7.73. The number of benzene rings is 1. The van der Waals surface area contributed by atoms with Gasteiger partial charge in [0, 0.05) is 0 Å². The lowest BCUT2D eigenvalue weighted by Gasteiger charge is -2.22. The average molecular weight is 264 g/mol. The van der Waals surface area contributed by atoms with E-state index in [0.717, 1.165) is 5.76 Å². The van der Waals surface area contributed by atoms with Crippen LogP contribution in [0.15, 0.2) is 24.0 Å². The normalized spacial score (nSPS) is 20.4. The van der Waals surface area contributed by atoms with Crippen molar-refractivity contribution in [2.24, 2.45) is 0 Å². The van der Waals surface area contributed by atoms with Crippen LogP contribution < -0.4 is 10.4 Å². The Hall–Kier alpha value is -1.76. The highest BCUT2D eigenvalue weighted by atomic mass is 16.5. The lowest BCUT2D eigenvalue weighted by atomic mass is 9.98. The monoisotopic (exact) mass is 264 g/mol. The summed E-state index contributed by atoms with van der Waals surface area (Å²) in [6.07, 6.45) is 15.7. The van der Waals surface area contributed by atoms with E-state index in [1.54, 1.807) is 0 Å². The molecule has 0 radical (unpaired) electrons. The molecule has 3 aliphatic carbocycles. The van der Waals surface area contributed by atoms with Crippen LogP contribution in [0.3, 0.4) is 0 Å². The van der Waals surface area contributed by atoms with E-state index in [9.17, 15) is 0 Å². The van der Waals surface area contributed by atoms with Gasteiger partial charge in [0.15, 0.2) is 0 Å². The van der Waals surface area contributed by atoms with Gasteiger partial charge in [0.1, 0.15) is 5.76 Å². The molecule has 1 heteroatoms. The summed E-state index contributed by atoms with van der Waals surface area (Å²) in [5.41, 5.74) is 4.05. The van der Waals surface area contributed by atoms with Gasteiger partial charge in [-0.15, -0.1) is 0 Å². The Bertz CT molecular complexity index is 728. The van der Waals surface area contributed by atoms with Gasteiger partial charge in [0.2, 0.25) is 0 Å². The van der Waals surface area contributed by atoms with E-state index < -0.39 is 0 Å². The number of hydrogen-bond acceptors (Lipinski definition) is 1. The van der Waals surface area contributed by atoms with Gasteiger partial charge < -0.3 is 4.74 Å². The van der Waals surface area contributed by atoms with Gasteiger partial charge in [0.05, 0.1) is 6.10 Å². The molecule has 0 saturated heterocycles. The van der Waals surface area contributed by atoms with E-state index in [4.69, 9.17) is 4.74 Å². The highest BCUT2D eigenvalue weighted by molar-refractivity contribution is 5.83. The fraction of sp³-hybridized carbons (Fsp3) is 0.368. The third-order valence-corrected chi connectivity index (χ3v) is 4.69. The lowest BCUT2D eigenvalue weighted by molar-refractivity contribution is 0.0954. The number of ether oxygens (including phenoxy) is 1. The number of fused-ring (bicyclic) bond motifs is 3. The molecule has 0 heterocycles.